The van der Waals surface area contributed by atoms with Gasteiger partial charge in [-0.3, -0.25) is 4.79 Å². The number of rotatable bonds is 9. The van der Waals surface area contributed by atoms with Gasteiger partial charge in [-0.15, -0.1) is 0 Å². The Hall–Kier alpha value is -3.84. The van der Waals surface area contributed by atoms with Crippen molar-refractivity contribution in [3.05, 3.63) is 76.2 Å². The lowest BCUT2D eigenvalue weighted by molar-refractivity contribution is -0.184. The second-order valence-corrected chi connectivity index (χ2v) is 10.8. The second kappa shape index (κ2) is 10.2. The van der Waals surface area contributed by atoms with Crippen LogP contribution in [0.15, 0.2) is 36.5 Å². The van der Waals surface area contributed by atoms with Crippen LogP contribution in [0.25, 0.3) is 11.1 Å². The molecule has 1 aromatic heterocycles. The number of alkyl halides is 3. The molecule has 2 N–H and O–H groups in total. The van der Waals surface area contributed by atoms with Crippen LogP contribution in [0.2, 0.25) is 0 Å². The smallest absolute Gasteiger partial charge is 0.417 e. The first kappa shape index (κ1) is 28.3. The van der Waals surface area contributed by atoms with Crippen molar-refractivity contribution in [1.82, 2.24) is 4.98 Å². The van der Waals surface area contributed by atoms with Crippen molar-refractivity contribution in [2.75, 3.05) is 19.8 Å². The standard InChI is InChI=1S/C29H23F6NO6/c30-20-8-19(29(33,34)35)16(25-21(31)6-15(7-22(25)32)41-2-1-28(39)11-40-12-28)4-14(20)10-42-23-5-13-3-17-24(18(13)9-36-23)26(17)27(37)38/h4-9,17,24,26,39H,1-3,10-12H2,(H,37,38). The number of aromatic nitrogens is 1. The number of hydrogen-bond acceptors (Lipinski definition) is 6. The van der Waals surface area contributed by atoms with Gasteiger partial charge in [-0.05, 0) is 35.6 Å². The van der Waals surface area contributed by atoms with E-state index in [0.717, 1.165) is 11.1 Å². The van der Waals surface area contributed by atoms with Gasteiger partial charge in [-0.25, -0.2) is 18.2 Å². The molecular formula is C29H23F6NO6. The molecule has 42 heavy (non-hydrogen) atoms. The number of carbonyl (C=O) groups is 1. The van der Waals surface area contributed by atoms with Gasteiger partial charge >= 0.3 is 12.1 Å². The highest BCUT2D eigenvalue weighted by Gasteiger charge is 2.60. The molecule has 7 nitrogen and oxygen atoms in total. The number of fused-ring (bicyclic) bond motifs is 3. The fraction of sp³-hybridized carbons (Fsp3) is 0.379. The maximum atomic E-state index is 15.1. The minimum atomic E-state index is -5.14. The predicted octanol–water partition coefficient (Wildman–Crippen LogP) is 5.26. The van der Waals surface area contributed by atoms with Gasteiger partial charge in [0.05, 0.1) is 36.9 Å². The molecule has 1 aliphatic heterocycles. The van der Waals surface area contributed by atoms with E-state index in [9.17, 15) is 32.6 Å². The lowest BCUT2D eigenvalue weighted by atomic mass is 9.95. The van der Waals surface area contributed by atoms with E-state index >= 15 is 8.78 Å². The molecule has 6 rings (SSSR count). The number of benzene rings is 2. The molecular weight excluding hydrogens is 572 g/mol. The topological polar surface area (TPSA) is 98.1 Å². The van der Waals surface area contributed by atoms with Gasteiger partial charge in [0.25, 0.3) is 0 Å². The van der Waals surface area contributed by atoms with Crippen LogP contribution >= 0.6 is 0 Å². The van der Waals surface area contributed by atoms with Gasteiger partial charge in [0.1, 0.15) is 35.4 Å². The molecule has 1 saturated heterocycles. The fourth-order valence-electron chi connectivity index (χ4n) is 5.74. The molecule has 2 aliphatic carbocycles. The molecule has 3 aliphatic rings. The van der Waals surface area contributed by atoms with Crippen molar-refractivity contribution in [2.24, 2.45) is 11.8 Å². The summed E-state index contributed by atoms with van der Waals surface area (Å²) in [5.41, 5.74) is -3.42. The van der Waals surface area contributed by atoms with Crippen molar-refractivity contribution in [2.45, 2.75) is 37.1 Å². The number of ether oxygens (including phenoxy) is 3. The number of pyridine rings is 1. The molecule has 0 spiro atoms. The summed E-state index contributed by atoms with van der Waals surface area (Å²) < 4.78 is 102. The number of aliphatic hydroxyl groups is 1. The van der Waals surface area contributed by atoms with E-state index in [1.54, 1.807) is 6.07 Å². The molecule has 2 fully saturated rings. The summed E-state index contributed by atoms with van der Waals surface area (Å²) in [4.78, 5) is 15.4. The zero-order valence-corrected chi connectivity index (χ0v) is 21.7. The molecule has 2 heterocycles. The zero-order chi connectivity index (χ0) is 30.0. The summed E-state index contributed by atoms with van der Waals surface area (Å²) in [6, 6.07) is 3.85. The average molecular weight is 595 g/mol. The summed E-state index contributed by atoms with van der Waals surface area (Å²) in [6.45, 7) is -0.538. The van der Waals surface area contributed by atoms with Gasteiger partial charge in [-0.1, -0.05) is 0 Å². The van der Waals surface area contributed by atoms with Crippen LogP contribution in [0.5, 0.6) is 11.6 Å². The first-order valence-electron chi connectivity index (χ1n) is 13.0. The van der Waals surface area contributed by atoms with Crippen LogP contribution in [-0.2, 0) is 28.7 Å². The Morgan fingerprint density at radius 1 is 1.05 bits per heavy atom. The maximum Gasteiger partial charge on any atom is 0.417 e. The first-order chi connectivity index (χ1) is 19.8. The Morgan fingerprint density at radius 2 is 1.76 bits per heavy atom. The van der Waals surface area contributed by atoms with E-state index in [-0.39, 0.29) is 55.8 Å². The first-order valence-corrected chi connectivity index (χ1v) is 13.0. The number of nitrogens with zero attached hydrogens (tertiary/aromatic N) is 1. The van der Waals surface area contributed by atoms with Gasteiger partial charge in [0.15, 0.2) is 0 Å². The summed E-state index contributed by atoms with van der Waals surface area (Å²) in [5, 5.41) is 19.3. The number of aliphatic carboxylic acids is 1. The monoisotopic (exact) mass is 595 g/mol. The maximum absolute atomic E-state index is 15.1. The molecule has 1 saturated carbocycles. The van der Waals surface area contributed by atoms with E-state index < -0.39 is 70.0 Å². The van der Waals surface area contributed by atoms with Crippen molar-refractivity contribution < 1.29 is 55.6 Å². The Labute approximate surface area is 234 Å². The molecule has 0 bridgehead atoms. The summed E-state index contributed by atoms with van der Waals surface area (Å²) in [7, 11) is 0. The van der Waals surface area contributed by atoms with Crippen molar-refractivity contribution in [3.63, 3.8) is 0 Å². The Morgan fingerprint density at radius 3 is 2.38 bits per heavy atom. The lowest BCUT2D eigenvalue weighted by Crippen LogP contribution is -2.50. The molecule has 0 radical (unpaired) electrons. The van der Waals surface area contributed by atoms with E-state index in [2.05, 4.69) is 4.98 Å². The molecule has 3 unspecified atom stereocenters. The third-order valence-corrected chi connectivity index (χ3v) is 8.00. The van der Waals surface area contributed by atoms with Gasteiger partial charge in [-0.2, -0.15) is 13.2 Å². The van der Waals surface area contributed by atoms with Crippen molar-refractivity contribution in [3.8, 4) is 22.8 Å². The second-order valence-electron chi connectivity index (χ2n) is 10.8. The van der Waals surface area contributed by atoms with E-state index in [1.807, 2.05) is 0 Å². The lowest BCUT2D eigenvalue weighted by Gasteiger charge is -2.36. The fourth-order valence-corrected chi connectivity index (χ4v) is 5.74. The van der Waals surface area contributed by atoms with Crippen LogP contribution in [0.1, 0.15) is 34.6 Å². The highest BCUT2D eigenvalue weighted by Crippen LogP contribution is 2.61. The van der Waals surface area contributed by atoms with Crippen LogP contribution in [0.4, 0.5) is 26.3 Å². The predicted molar refractivity (Wildman–Crippen MR) is 132 cm³/mol. The number of hydrogen-bond donors (Lipinski definition) is 2. The molecule has 3 aromatic rings. The van der Waals surface area contributed by atoms with Gasteiger partial charge in [0, 0.05) is 47.9 Å². The molecule has 2 aromatic carbocycles. The van der Waals surface area contributed by atoms with Crippen LogP contribution in [-0.4, -0.2) is 46.6 Å². The van der Waals surface area contributed by atoms with E-state index in [0.29, 0.717) is 24.6 Å². The highest BCUT2D eigenvalue weighted by atomic mass is 19.4. The number of halogens is 6. The minimum Gasteiger partial charge on any atom is -0.493 e. The Balaban J connectivity index is 1.23. The summed E-state index contributed by atoms with van der Waals surface area (Å²) >= 11 is 0. The summed E-state index contributed by atoms with van der Waals surface area (Å²) in [6.07, 6.45) is -3.05. The third kappa shape index (κ3) is 5.15. The molecule has 13 heteroatoms. The number of carboxylic acid groups (broad SMARTS) is 1. The van der Waals surface area contributed by atoms with E-state index in [4.69, 9.17) is 14.2 Å². The SMILES string of the molecule is O=C(O)C1C2Cc3cc(OCc4cc(-c5c(F)cc(OCCC6(O)COC6)cc5F)c(C(F)(F)F)cc4F)ncc3C21. The van der Waals surface area contributed by atoms with Gasteiger partial charge in [0.2, 0.25) is 5.88 Å². The average Bonchev–Trinajstić information content (AvgIpc) is 3.49. The largest absolute Gasteiger partial charge is 0.493 e. The normalized spacial score (nSPS) is 21.7. The van der Waals surface area contributed by atoms with Crippen LogP contribution in [0.3, 0.4) is 0 Å². The molecule has 0 amide bonds. The highest BCUT2D eigenvalue weighted by molar-refractivity contribution is 5.77. The Kier molecular flexibility index (Phi) is 6.84. The van der Waals surface area contributed by atoms with E-state index in [1.165, 1.54) is 6.20 Å². The number of carboxylic acids is 1. The van der Waals surface area contributed by atoms with Gasteiger partial charge < -0.3 is 24.4 Å². The molecule has 3 atom stereocenters. The minimum absolute atomic E-state index is 0.0327. The quantitative estimate of drug-likeness (QED) is 0.326. The zero-order valence-electron chi connectivity index (χ0n) is 21.7. The van der Waals surface area contributed by atoms with Crippen LogP contribution < -0.4 is 9.47 Å². The van der Waals surface area contributed by atoms with Crippen LogP contribution in [0, 0.1) is 29.3 Å². The summed E-state index contributed by atoms with van der Waals surface area (Å²) in [5.74, 6) is -5.77. The van der Waals surface area contributed by atoms with Crippen molar-refractivity contribution in [1.29, 1.82) is 0 Å². The Bertz CT molecular complexity index is 1550. The molecule has 222 valence electrons. The van der Waals surface area contributed by atoms with Crippen molar-refractivity contribution >= 4 is 5.97 Å². The third-order valence-electron chi connectivity index (χ3n) is 8.00.